The summed E-state index contributed by atoms with van der Waals surface area (Å²) in [6, 6.07) is 8.34. The van der Waals surface area contributed by atoms with Gasteiger partial charge in [-0.05, 0) is 50.6 Å². The van der Waals surface area contributed by atoms with Crippen molar-refractivity contribution in [3.63, 3.8) is 0 Å². The molecule has 1 N–H and O–H groups in total. The van der Waals surface area contributed by atoms with Crippen molar-refractivity contribution < 1.29 is 14.3 Å². The van der Waals surface area contributed by atoms with Crippen molar-refractivity contribution in [1.82, 2.24) is 14.3 Å². The van der Waals surface area contributed by atoms with Gasteiger partial charge in [0.1, 0.15) is 5.82 Å². The Morgan fingerprint density at radius 1 is 1.12 bits per heavy atom. The summed E-state index contributed by atoms with van der Waals surface area (Å²) >= 11 is 0. The van der Waals surface area contributed by atoms with Gasteiger partial charge >= 0.3 is 5.97 Å². The molecule has 0 aliphatic rings. The van der Waals surface area contributed by atoms with Gasteiger partial charge in [-0.25, -0.2) is 9.18 Å². The predicted molar refractivity (Wildman–Crippen MR) is 89.1 cm³/mol. The van der Waals surface area contributed by atoms with Crippen LogP contribution in [0.15, 0.2) is 30.3 Å². The molecule has 0 aliphatic carbocycles. The van der Waals surface area contributed by atoms with E-state index in [1.165, 1.54) is 12.1 Å². The molecule has 0 spiro atoms. The first kappa shape index (κ1) is 16.0. The Kier molecular flexibility index (Phi) is 3.75. The zero-order chi connectivity index (χ0) is 17.6. The van der Waals surface area contributed by atoms with Gasteiger partial charge in [-0.3, -0.25) is 4.68 Å². The van der Waals surface area contributed by atoms with Crippen molar-refractivity contribution in [3.05, 3.63) is 58.7 Å². The number of aryl methyl sites for hydroxylation is 4. The molecule has 0 radical (unpaired) electrons. The summed E-state index contributed by atoms with van der Waals surface area (Å²) < 4.78 is 18.0. The van der Waals surface area contributed by atoms with Crippen molar-refractivity contribution in [2.24, 2.45) is 7.05 Å². The molecule has 6 heteroatoms. The lowest BCUT2D eigenvalue weighted by atomic mass is 10.0. The highest BCUT2D eigenvalue weighted by Crippen LogP contribution is 2.28. The lowest BCUT2D eigenvalue weighted by molar-refractivity contribution is 0.0696. The van der Waals surface area contributed by atoms with Crippen LogP contribution in [0.2, 0.25) is 0 Å². The minimum absolute atomic E-state index is 0.0856. The molecule has 0 aliphatic heterocycles. The molecule has 1 aromatic carbocycles. The van der Waals surface area contributed by atoms with Gasteiger partial charge < -0.3 is 9.67 Å². The first-order valence-electron chi connectivity index (χ1n) is 7.52. The number of hydrogen-bond donors (Lipinski definition) is 1. The van der Waals surface area contributed by atoms with Crippen LogP contribution in [-0.2, 0) is 7.05 Å². The van der Waals surface area contributed by atoms with E-state index < -0.39 is 11.8 Å². The second kappa shape index (κ2) is 5.63. The van der Waals surface area contributed by atoms with E-state index >= 15 is 0 Å². The number of benzene rings is 1. The first-order chi connectivity index (χ1) is 11.3. The maximum Gasteiger partial charge on any atom is 0.335 e. The number of rotatable bonds is 3. The topological polar surface area (TPSA) is 60.0 Å². The lowest BCUT2D eigenvalue weighted by Crippen LogP contribution is -2.03. The maximum atomic E-state index is 14.4. The lowest BCUT2D eigenvalue weighted by Gasteiger charge is -2.07. The minimum Gasteiger partial charge on any atom is -0.478 e. The van der Waals surface area contributed by atoms with E-state index in [4.69, 9.17) is 0 Å². The van der Waals surface area contributed by atoms with Crippen LogP contribution in [0.5, 0.6) is 0 Å². The SMILES string of the molecule is Cc1cc(F)c(-c2cc(-n3c(C)ccc3C)nn2C)cc1C(=O)O. The molecule has 124 valence electrons. The summed E-state index contributed by atoms with van der Waals surface area (Å²) in [6.07, 6.45) is 0. The number of hydrogen-bond acceptors (Lipinski definition) is 2. The third kappa shape index (κ3) is 2.50. The fraction of sp³-hybridized carbons (Fsp3) is 0.222. The molecular formula is C18H18FN3O2. The molecule has 2 heterocycles. The summed E-state index contributed by atoms with van der Waals surface area (Å²) in [5.74, 6) is -0.870. The Labute approximate surface area is 139 Å². The highest BCUT2D eigenvalue weighted by molar-refractivity contribution is 5.91. The minimum atomic E-state index is -1.08. The Morgan fingerprint density at radius 2 is 1.75 bits per heavy atom. The van der Waals surface area contributed by atoms with Crippen molar-refractivity contribution in [3.8, 4) is 17.1 Å². The normalized spacial score (nSPS) is 11.0. The molecule has 0 amide bonds. The van der Waals surface area contributed by atoms with Crippen LogP contribution < -0.4 is 0 Å². The number of carboxylic acids is 1. The summed E-state index contributed by atoms with van der Waals surface area (Å²) in [5.41, 5.74) is 3.27. The van der Waals surface area contributed by atoms with Crippen LogP contribution in [-0.4, -0.2) is 25.4 Å². The van der Waals surface area contributed by atoms with Crippen LogP contribution in [0.4, 0.5) is 4.39 Å². The van der Waals surface area contributed by atoms with Crippen molar-refractivity contribution in [2.45, 2.75) is 20.8 Å². The van der Waals surface area contributed by atoms with Gasteiger partial charge in [-0.1, -0.05) is 0 Å². The van der Waals surface area contributed by atoms with Crippen LogP contribution in [0.25, 0.3) is 17.1 Å². The predicted octanol–water partition coefficient (Wildman–Crippen LogP) is 3.64. The van der Waals surface area contributed by atoms with Crippen LogP contribution >= 0.6 is 0 Å². The molecule has 0 unspecified atom stereocenters. The van der Waals surface area contributed by atoms with Gasteiger partial charge in [0.05, 0.1) is 11.3 Å². The van der Waals surface area contributed by atoms with Gasteiger partial charge in [-0.2, -0.15) is 5.10 Å². The monoisotopic (exact) mass is 327 g/mol. The van der Waals surface area contributed by atoms with Crippen molar-refractivity contribution >= 4 is 5.97 Å². The van der Waals surface area contributed by atoms with Crippen LogP contribution in [0.3, 0.4) is 0 Å². The third-order valence-electron chi connectivity index (χ3n) is 4.19. The van der Waals surface area contributed by atoms with Crippen LogP contribution in [0, 0.1) is 26.6 Å². The fourth-order valence-electron chi connectivity index (χ4n) is 2.94. The van der Waals surface area contributed by atoms with Gasteiger partial charge in [0, 0.05) is 30.1 Å². The van der Waals surface area contributed by atoms with E-state index in [1.54, 1.807) is 24.7 Å². The third-order valence-corrected chi connectivity index (χ3v) is 4.19. The molecule has 0 fully saturated rings. The smallest absolute Gasteiger partial charge is 0.335 e. The van der Waals surface area contributed by atoms with Gasteiger partial charge in [-0.15, -0.1) is 0 Å². The fourth-order valence-corrected chi connectivity index (χ4v) is 2.94. The van der Waals surface area contributed by atoms with E-state index in [2.05, 4.69) is 5.10 Å². The zero-order valence-electron chi connectivity index (χ0n) is 14.0. The average Bonchev–Trinajstić information content (AvgIpc) is 3.01. The van der Waals surface area contributed by atoms with Crippen LogP contribution in [0.1, 0.15) is 27.3 Å². The van der Waals surface area contributed by atoms with E-state index in [0.29, 0.717) is 17.1 Å². The summed E-state index contributed by atoms with van der Waals surface area (Å²) in [4.78, 5) is 11.3. The molecule has 0 bridgehead atoms. The van der Waals surface area contributed by atoms with E-state index in [1.807, 2.05) is 30.5 Å². The quantitative estimate of drug-likeness (QED) is 0.799. The van der Waals surface area contributed by atoms with E-state index in [-0.39, 0.29) is 11.1 Å². The van der Waals surface area contributed by atoms with Gasteiger partial charge in [0.2, 0.25) is 0 Å². The number of carboxylic acid groups (broad SMARTS) is 1. The molecule has 2 aromatic heterocycles. The highest BCUT2D eigenvalue weighted by atomic mass is 19.1. The number of aromatic nitrogens is 3. The van der Waals surface area contributed by atoms with Gasteiger partial charge in [0.15, 0.2) is 5.82 Å². The standard InChI is InChI=1S/C18H18FN3O2/c1-10-7-15(19)14(8-13(10)18(23)24)16-9-17(20-21(16)4)22-11(2)5-6-12(22)3/h5-9H,1-4H3,(H,23,24). The summed E-state index contributed by atoms with van der Waals surface area (Å²) in [6.45, 7) is 5.52. The average molecular weight is 327 g/mol. The number of aromatic carboxylic acids is 1. The molecule has 0 saturated heterocycles. The van der Waals surface area contributed by atoms with Crippen molar-refractivity contribution in [2.75, 3.05) is 0 Å². The first-order valence-corrected chi connectivity index (χ1v) is 7.52. The molecule has 0 saturated carbocycles. The molecule has 3 rings (SSSR count). The Bertz CT molecular complexity index is 934. The molecule has 24 heavy (non-hydrogen) atoms. The van der Waals surface area contributed by atoms with Crippen molar-refractivity contribution in [1.29, 1.82) is 0 Å². The number of carbonyl (C=O) groups is 1. The Balaban J connectivity index is 2.18. The summed E-state index contributed by atoms with van der Waals surface area (Å²) in [5, 5.41) is 13.7. The molecule has 5 nitrogen and oxygen atoms in total. The Hall–Kier alpha value is -2.89. The summed E-state index contributed by atoms with van der Waals surface area (Å²) in [7, 11) is 1.72. The number of nitrogens with zero attached hydrogens (tertiary/aromatic N) is 3. The molecule has 0 atom stereocenters. The van der Waals surface area contributed by atoms with E-state index in [9.17, 15) is 14.3 Å². The number of halogens is 1. The largest absolute Gasteiger partial charge is 0.478 e. The Morgan fingerprint density at radius 3 is 2.33 bits per heavy atom. The van der Waals surface area contributed by atoms with Gasteiger partial charge in [0.25, 0.3) is 0 Å². The van der Waals surface area contributed by atoms with E-state index in [0.717, 1.165) is 11.4 Å². The highest BCUT2D eigenvalue weighted by Gasteiger charge is 2.18. The molecular weight excluding hydrogens is 309 g/mol. The molecule has 3 aromatic rings. The zero-order valence-corrected chi connectivity index (χ0v) is 14.0. The second-order valence-corrected chi connectivity index (χ2v) is 5.92. The maximum absolute atomic E-state index is 14.4. The second-order valence-electron chi connectivity index (χ2n) is 5.92.